The van der Waals surface area contributed by atoms with E-state index in [1.54, 1.807) is 0 Å². The van der Waals surface area contributed by atoms with Gasteiger partial charge in [0.2, 0.25) is 0 Å². The van der Waals surface area contributed by atoms with Crippen LogP contribution in [0.3, 0.4) is 0 Å². The summed E-state index contributed by atoms with van der Waals surface area (Å²) >= 11 is 0. The number of hydrogen-bond acceptors (Lipinski definition) is 1. The molecule has 0 amide bonds. The monoisotopic (exact) mass is 375 g/mol. The van der Waals surface area contributed by atoms with Gasteiger partial charge in [-0.1, -0.05) is 54.6 Å². The van der Waals surface area contributed by atoms with E-state index in [1.807, 2.05) is 18.2 Å². The Hall–Kier alpha value is -2.36. The van der Waals surface area contributed by atoms with Gasteiger partial charge in [0.25, 0.3) is 0 Å². The van der Waals surface area contributed by atoms with E-state index >= 15 is 0 Å². The highest BCUT2D eigenvalue weighted by Crippen LogP contribution is 2.17. The van der Waals surface area contributed by atoms with E-state index in [1.165, 1.54) is 40.1 Å². The van der Waals surface area contributed by atoms with E-state index in [-0.39, 0.29) is 6.10 Å². The third-order valence-corrected chi connectivity index (χ3v) is 5.90. The first kappa shape index (κ1) is 19.0. The molecule has 1 heterocycles. The molecule has 4 rings (SSSR count). The molecule has 2 aromatic carbocycles. The minimum absolute atomic E-state index is 0.294. The van der Waals surface area contributed by atoms with Crippen molar-refractivity contribution in [1.29, 1.82) is 0 Å². The number of aliphatic hydroxyl groups excluding tert-OH is 1. The molecule has 146 valence electrons. The van der Waals surface area contributed by atoms with Gasteiger partial charge in [-0.3, -0.25) is 0 Å². The van der Waals surface area contributed by atoms with Crippen LogP contribution in [-0.2, 0) is 19.5 Å². The molecule has 0 radical (unpaired) electrons. The van der Waals surface area contributed by atoms with Gasteiger partial charge < -0.3 is 14.6 Å². The molecule has 1 unspecified atom stereocenters. The van der Waals surface area contributed by atoms with Crippen LogP contribution in [0.1, 0.15) is 35.2 Å². The Balaban J connectivity index is 1.42. The smallest absolute Gasteiger partial charge is 0.118 e. The standard InChI is InChI=1S/C25H30N2O/c1-20-8-5-6-11-22(20)17-26-15-7-12-24(26)18-27(23-13-14-23)19-25(28)16-21-9-3-2-4-10-21/h2-12,15,23,25,28H,13-14,16-19H2,1H3/p+1/t25-/m0/s1. The van der Waals surface area contributed by atoms with Gasteiger partial charge in [-0.25, -0.2) is 0 Å². The van der Waals surface area contributed by atoms with Gasteiger partial charge in [-0.15, -0.1) is 0 Å². The topological polar surface area (TPSA) is 29.6 Å². The number of hydrogen-bond donors (Lipinski definition) is 2. The Labute approximate surface area is 168 Å². The molecule has 0 aliphatic heterocycles. The molecule has 1 aliphatic carbocycles. The lowest BCUT2D eigenvalue weighted by molar-refractivity contribution is -0.928. The number of quaternary nitrogens is 1. The quantitative estimate of drug-likeness (QED) is 0.592. The highest BCUT2D eigenvalue weighted by Gasteiger charge is 2.35. The van der Waals surface area contributed by atoms with Crippen molar-refractivity contribution < 1.29 is 10.0 Å². The highest BCUT2D eigenvalue weighted by molar-refractivity contribution is 5.26. The molecule has 0 spiro atoms. The fourth-order valence-corrected chi connectivity index (χ4v) is 4.10. The predicted molar refractivity (Wildman–Crippen MR) is 113 cm³/mol. The molecule has 0 bridgehead atoms. The molecular weight excluding hydrogens is 344 g/mol. The summed E-state index contributed by atoms with van der Waals surface area (Å²) in [6, 6.07) is 24.0. The van der Waals surface area contributed by atoms with Gasteiger partial charge in [0.05, 0.1) is 11.7 Å². The maximum atomic E-state index is 10.7. The van der Waals surface area contributed by atoms with E-state index in [9.17, 15) is 5.11 Å². The molecule has 3 nitrogen and oxygen atoms in total. The third kappa shape index (κ3) is 4.92. The minimum atomic E-state index is -0.294. The lowest BCUT2D eigenvalue weighted by Crippen LogP contribution is -3.13. The van der Waals surface area contributed by atoms with Crippen molar-refractivity contribution >= 4 is 0 Å². The Bertz CT molecular complexity index is 882. The van der Waals surface area contributed by atoms with E-state index < -0.39 is 0 Å². The van der Waals surface area contributed by atoms with Crippen LogP contribution < -0.4 is 4.90 Å². The van der Waals surface area contributed by atoms with Crippen LogP contribution in [0.4, 0.5) is 0 Å². The Morgan fingerprint density at radius 3 is 2.50 bits per heavy atom. The number of aryl methyl sites for hydroxylation is 1. The lowest BCUT2D eigenvalue weighted by Gasteiger charge is -2.23. The molecular formula is C25H31N2O+. The molecule has 2 N–H and O–H groups in total. The molecule has 0 saturated heterocycles. The van der Waals surface area contributed by atoms with Gasteiger partial charge in [0.1, 0.15) is 19.2 Å². The summed E-state index contributed by atoms with van der Waals surface area (Å²) in [5, 5.41) is 10.7. The first-order valence-electron chi connectivity index (χ1n) is 10.4. The van der Waals surface area contributed by atoms with Crippen molar-refractivity contribution in [2.45, 2.75) is 51.4 Å². The SMILES string of the molecule is Cc1ccccc1Cn1cccc1C[NH+](C[C@@H](O)Cc1ccccc1)C1CC1. The lowest BCUT2D eigenvalue weighted by atomic mass is 10.1. The summed E-state index contributed by atoms with van der Waals surface area (Å²) in [6.07, 6.45) is 5.20. The van der Waals surface area contributed by atoms with Crippen molar-refractivity contribution in [2.75, 3.05) is 6.54 Å². The fourth-order valence-electron chi connectivity index (χ4n) is 4.10. The van der Waals surface area contributed by atoms with Gasteiger partial charge >= 0.3 is 0 Å². The second kappa shape index (κ2) is 8.76. The van der Waals surface area contributed by atoms with E-state index in [0.29, 0.717) is 6.04 Å². The third-order valence-electron chi connectivity index (χ3n) is 5.90. The van der Waals surface area contributed by atoms with Crippen LogP contribution in [0.2, 0.25) is 0 Å². The summed E-state index contributed by atoms with van der Waals surface area (Å²) in [5.74, 6) is 0. The van der Waals surface area contributed by atoms with E-state index in [4.69, 9.17) is 0 Å². The number of benzene rings is 2. The van der Waals surface area contributed by atoms with Crippen molar-refractivity contribution in [2.24, 2.45) is 0 Å². The minimum Gasteiger partial charge on any atom is -0.387 e. The van der Waals surface area contributed by atoms with Gasteiger partial charge in [-0.2, -0.15) is 0 Å². The normalized spacial score (nSPS) is 16.1. The molecule has 2 atom stereocenters. The number of nitrogens with zero attached hydrogens (tertiary/aromatic N) is 1. The summed E-state index contributed by atoms with van der Waals surface area (Å²) < 4.78 is 2.37. The molecule has 1 saturated carbocycles. The number of nitrogens with one attached hydrogen (secondary N) is 1. The van der Waals surface area contributed by atoms with Crippen molar-refractivity contribution in [3.63, 3.8) is 0 Å². The second-order valence-electron chi connectivity index (χ2n) is 8.21. The molecule has 28 heavy (non-hydrogen) atoms. The van der Waals surface area contributed by atoms with Crippen molar-refractivity contribution in [1.82, 2.24) is 4.57 Å². The van der Waals surface area contributed by atoms with Crippen LogP contribution in [0.15, 0.2) is 72.9 Å². The summed E-state index contributed by atoms with van der Waals surface area (Å²) in [6.45, 7) is 4.89. The zero-order valence-corrected chi connectivity index (χ0v) is 16.7. The van der Waals surface area contributed by atoms with Crippen LogP contribution in [-0.4, -0.2) is 28.4 Å². The zero-order valence-electron chi connectivity index (χ0n) is 16.7. The van der Waals surface area contributed by atoms with E-state index in [2.05, 4.69) is 66.2 Å². The largest absolute Gasteiger partial charge is 0.387 e. The average Bonchev–Trinajstić information content (AvgIpc) is 3.46. The van der Waals surface area contributed by atoms with Crippen molar-refractivity contribution in [3.05, 3.63) is 95.3 Å². The van der Waals surface area contributed by atoms with Crippen molar-refractivity contribution in [3.8, 4) is 0 Å². The Morgan fingerprint density at radius 2 is 1.75 bits per heavy atom. The number of aliphatic hydroxyl groups is 1. The molecule has 1 aliphatic rings. The maximum absolute atomic E-state index is 10.7. The first-order valence-corrected chi connectivity index (χ1v) is 10.4. The summed E-state index contributed by atoms with van der Waals surface area (Å²) in [4.78, 5) is 1.52. The molecule has 1 aromatic heterocycles. The maximum Gasteiger partial charge on any atom is 0.118 e. The van der Waals surface area contributed by atoms with Crippen LogP contribution in [0.25, 0.3) is 0 Å². The van der Waals surface area contributed by atoms with Crippen LogP contribution in [0, 0.1) is 6.92 Å². The molecule has 3 heteroatoms. The van der Waals surface area contributed by atoms with Crippen LogP contribution >= 0.6 is 0 Å². The zero-order chi connectivity index (χ0) is 19.3. The number of aromatic nitrogens is 1. The van der Waals surface area contributed by atoms with E-state index in [0.717, 1.165) is 26.1 Å². The fraction of sp³-hybridized carbons (Fsp3) is 0.360. The summed E-state index contributed by atoms with van der Waals surface area (Å²) in [5.41, 5.74) is 5.29. The average molecular weight is 376 g/mol. The first-order chi connectivity index (χ1) is 13.7. The molecule has 1 fully saturated rings. The second-order valence-corrected chi connectivity index (χ2v) is 8.21. The molecule has 3 aromatic rings. The van der Waals surface area contributed by atoms with Gasteiger partial charge in [0.15, 0.2) is 0 Å². The Kier molecular flexibility index (Phi) is 5.94. The summed E-state index contributed by atoms with van der Waals surface area (Å²) in [7, 11) is 0. The highest BCUT2D eigenvalue weighted by atomic mass is 16.3. The number of rotatable bonds is 9. The Morgan fingerprint density at radius 1 is 1.00 bits per heavy atom. The van der Waals surface area contributed by atoms with Gasteiger partial charge in [-0.05, 0) is 35.7 Å². The predicted octanol–water partition coefficient (Wildman–Crippen LogP) is 3.00. The van der Waals surface area contributed by atoms with Crippen LogP contribution in [0.5, 0.6) is 0 Å². The van der Waals surface area contributed by atoms with Gasteiger partial charge in [0, 0.05) is 32.0 Å².